The Balaban J connectivity index is 1.88. The maximum atomic E-state index is 11.2. The van der Waals surface area contributed by atoms with Gasteiger partial charge in [0.05, 0.1) is 6.07 Å². The van der Waals surface area contributed by atoms with E-state index in [0.29, 0.717) is 6.54 Å². The van der Waals surface area contributed by atoms with Crippen molar-refractivity contribution in [2.45, 2.75) is 26.7 Å². The first-order chi connectivity index (χ1) is 11.1. The van der Waals surface area contributed by atoms with E-state index in [9.17, 15) is 4.79 Å². The van der Waals surface area contributed by atoms with Gasteiger partial charge in [0, 0.05) is 6.54 Å². The minimum Gasteiger partial charge on any atom is -0.457 e. The van der Waals surface area contributed by atoms with Crippen LogP contribution >= 0.6 is 0 Å². The van der Waals surface area contributed by atoms with Crippen molar-refractivity contribution in [1.29, 1.82) is 5.26 Å². The zero-order chi connectivity index (χ0) is 16.7. The molecule has 0 aromatic heterocycles. The maximum Gasteiger partial charge on any atom is 0.234 e. The van der Waals surface area contributed by atoms with Gasteiger partial charge < -0.3 is 10.1 Å². The van der Waals surface area contributed by atoms with Crippen LogP contribution in [0.2, 0.25) is 0 Å². The van der Waals surface area contributed by atoms with Gasteiger partial charge in [-0.3, -0.25) is 4.79 Å². The third kappa shape index (κ3) is 5.15. The number of hydrogen-bond donors (Lipinski definition) is 1. The molecule has 2 rings (SSSR count). The van der Waals surface area contributed by atoms with Crippen LogP contribution in [-0.4, -0.2) is 12.5 Å². The molecule has 0 saturated carbocycles. The van der Waals surface area contributed by atoms with Crippen LogP contribution in [0.5, 0.6) is 11.5 Å². The number of nitriles is 1. The van der Waals surface area contributed by atoms with Crippen molar-refractivity contribution in [1.82, 2.24) is 5.32 Å². The van der Waals surface area contributed by atoms with Crippen molar-refractivity contribution < 1.29 is 9.53 Å². The maximum absolute atomic E-state index is 11.2. The Kier molecular flexibility index (Phi) is 5.76. The smallest absolute Gasteiger partial charge is 0.234 e. The number of nitrogens with one attached hydrogen (secondary N) is 1. The number of carbonyl (C=O) groups excluding carboxylic acids is 1. The molecular weight excluding hydrogens is 288 g/mol. The summed E-state index contributed by atoms with van der Waals surface area (Å²) in [6.07, 6.45) is 0.629. The predicted molar refractivity (Wildman–Crippen MR) is 89.4 cm³/mol. The molecule has 2 aromatic carbocycles. The van der Waals surface area contributed by atoms with Crippen molar-refractivity contribution in [3.8, 4) is 17.6 Å². The zero-order valence-electron chi connectivity index (χ0n) is 13.4. The van der Waals surface area contributed by atoms with Gasteiger partial charge in [0.15, 0.2) is 0 Å². The molecule has 0 atom stereocenters. The van der Waals surface area contributed by atoms with Crippen molar-refractivity contribution in [2.75, 3.05) is 6.54 Å². The van der Waals surface area contributed by atoms with E-state index in [0.717, 1.165) is 23.5 Å². The van der Waals surface area contributed by atoms with E-state index in [1.54, 1.807) is 0 Å². The van der Waals surface area contributed by atoms with Gasteiger partial charge in [-0.15, -0.1) is 0 Å². The molecule has 0 aliphatic rings. The summed E-state index contributed by atoms with van der Waals surface area (Å²) in [5, 5.41) is 11.1. The van der Waals surface area contributed by atoms with E-state index < -0.39 is 0 Å². The number of ether oxygens (including phenoxy) is 1. The summed E-state index contributed by atoms with van der Waals surface area (Å²) in [6, 6.07) is 15.6. The van der Waals surface area contributed by atoms with Crippen LogP contribution in [0.1, 0.15) is 23.1 Å². The van der Waals surface area contributed by atoms with Crippen molar-refractivity contribution in [2.24, 2.45) is 0 Å². The molecule has 1 N–H and O–H groups in total. The van der Waals surface area contributed by atoms with Crippen LogP contribution in [0.4, 0.5) is 0 Å². The fourth-order valence-corrected chi connectivity index (χ4v) is 2.12. The predicted octanol–water partition coefficient (Wildman–Crippen LogP) is 3.67. The molecule has 0 aliphatic carbocycles. The number of hydrogen-bond acceptors (Lipinski definition) is 3. The van der Waals surface area contributed by atoms with Crippen molar-refractivity contribution in [3.63, 3.8) is 0 Å². The minimum atomic E-state index is -0.234. The van der Waals surface area contributed by atoms with E-state index in [1.165, 1.54) is 11.1 Å². The lowest BCUT2D eigenvalue weighted by molar-refractivity contribution is -0.120. The number of carbonyl (C=O) groups is 1. The average molecular weight is 308 g/mol. The lowest BCUT2D eigenvalue weighted by atomic mass is 10.1. The van der Waals surface area contributed by atoms with Crippen molar-refractivity contribution >= 4 is 5.91 Å². The molecule has 4 heteroatoms. The Morgan fingerprint density at radius 2 is 1.78 bits per heavy atom. The Hall–Kier alpha value is -2.80. The fraction of sp³-hybridized carbons (Fsp3) is 0.263. The monoisotopic (exact) mass is 308 g/mol. The number of benzene rings is 2. The standard InChI is InChI=1S/C19H20N2O2/c1-14-3-6-18(13-15(14)2)23-17-7-4-16(5-8-17)10-12-21-19(22)9-11-20/h3-8,13H,9-10,12H2,1-2H3,(H,21,22). The second-order valence-corrected chi connectivity index (χ2v) is 5.43. The molecule has 118 valence electrons. The van der Waals surface area contributed by atoms with Gasteiger partial charge in [-0.25, -0.2) is 0 Å². The first-order valence-corrected chi connectivity index (χ1v) is 7.56. The zero-order valence-corrected chi connectivity index (χ0v) is 13.4. The van der Waals surface area contributed by atoms with E-state index in [1.807, 2.05) is 48.5 Å². The van der Waals surface area contributed by atoms with Crippen LogP contribution in [0, 0.1) is 25.2 Å². The van der Waals surface area contributed by atoms with E-state index >= 15 is 0 Å². The highest BCUT2D eigenvalue weighted by atomic mass is 16.5. The summed E-state index contributed by atoms with van der Waals surface area (Å²) >= 11 is 0. The third-order valence-electron chi connectivity index (χ3n) is 3.61. The number of aryl methyl sites for hydroxylation is 2. The number of rotatable bonds is 6. The summed E-state index contributed by atoms with van der Waals surface area (Å²) in [6.45, 7) is 4.66. The molecule has 0 fully saturated rings. The lowest BCUT2D eigenvalue weighted by Gasteiger charge is -2.09. The van der Waals surface area contributed by atoms with E-state index in [4.69, 9.17) is 10.00 Å². The van der Waals surface area contributed by atoms with Crippen LogP contribution < -0.4 is 10.1 Å². The molecule has 0 aliphatic heterocycles. The molecular formula is C19H20N2O2. The molecule has 0 saturated heterocycles. The Morgan fingerprint density at radius 1 is 1.09 bits per heavy atom. The minimum absolute atomic E-state index is 0.0945. The largest absolute Gasteiger partial charge is 0.457 e. The number of nitrogens with zero attached hydrogens (tertiary/aromatic N) is 1. The Bertz CT molecular complexity index is 715. The first kappa shape index (κ1) is 16.6. The van der Waals surface area contributed by atoms with Gasteiger partial charge >= 0.3 is 0 Å². The van der Waals surface area contributed by atoms with Gasteiger partial charge in [-0.2, -0.15) is 5.26 Å². The molecule has 2 aromatic rings. The quantitative estimate of drug-likeness (QED) is 0.885. The highest BCUT2D eigenvalue weighted by Crippen LogP contribution is 2.23. The van der Waals surface area contributed by atoms with Crippen LogP contribution in [0.3, 0.4) is 0 Å². The highest BCUT2D eigenvalue weighted by Gasteiger charge is 2.02. The first-order valence-electron chi connectivity index (χ1n) is 7.56. The Labute approximate surface area is 136 Å². The molecule has 4 nitrogen and oxygen atoms in total. The summed E-state index contributed by atoms with van der Waals surface area (Å²) in [7, 11) is 0. The van der Waals surface area contributed by atoms with Gasteiger partial charge in [0.2, 0.25) is 5.91 Å². The van der Waals surface area contributed by atoms with E-state index in [-0.39, 0.29) is 12.3 Å². The van der Waals surface area contributed by atoms with Gasteiger partial charge in [0.1, 0.15) is 17.9 Å². The molecule has 1 amide bonds. The second kappa shape index (κ2) is 8.00. The molecule has 23 heavy (non-hydrogen) atoms. The summed E-state index contributed by atoms with van der Waals surface area (Å²) in [5.74, 6) is 1.37. The average Bonchev–Trinajstić information content (AvgIpc) is 2.53. The Morgan fingerprint density at radius 3 is 2.43 bits per heavy atom. The SMILES string of the molecule is Cc1ccc(Oc2ccc(CCNC(=O)CC#N)cc2)cc1C. The lowest BCUT2D eigenvalue weighted by Crippen LogP contribution is -2.24. The molecule has 0 spiro atoms. The fourth-order valence-electron chi connectivity index (χ4n) is 2.12. The highest BCUT2D eigenvalue weighted by molar-refractivity contribution is 5.77. The molecule has 0 unspecified atom stereocenters. The van der Waals surface area contributed by atoms with Gasteiger partial charge in [-0.05, 0) is 61.2 Å². The third-order valence-corrected chi connectivity index (χ3v) is 3.61. The molecule has 0 heterocycles. The second-order valence-electron chi connectivity index (χ2n) is 5.43. The topological polar surface area (TPSA) is 62.1 Å². The van der Waals surface area contributed by atoms with Crippen LogP contribution in [0.25, 0.3) is 0 Å². The van der Waals surface area contributed by atoms with Crippen LogP contribution in [0.15, 0.2) is 42.5 Å². The van der Waals surface area contributed by atoms with Gasteiger partial charge in [-0.1, -0.05) is 18.2 Å². The van der Waals surface area contributed by atoms with Crippen LogP contribution in [-0.2, 0) is 11.2 Å². The van der Waals surface area contributed by atoms with Gasteiger partial charge in [0.25, 0.3) is 0 Å². The summed E-state index contributed by atoms with van der Waals surface area (Å²) < 4.78 is 5.84. The number of amides is 1. The van der Waals surface area contributed by atoms with E-state index in [2.05, 4.69) is 19.2 Å². The summed E-state index contributed by atoms with van der Waals surface area (Å²) in [5.41, 5.74) is 3.55. The van der Waals surface area contributed by atoms with Crippen molar-refractivity contribution in [3.05, 3.63) is 59.2 Å². The normalized spacial score (nSPS) is 9.96. The summed E-state index contributed by atoms with van der Waals surface area (Å²) in [4.78, 5) is 11.2. The molecule has 0 radical (unpaired) electrons. The molecule has 0 bridgehead atoms.